The van der Waals surface area contributed by atoms with Crippen molar-refractivity contribution in [2.45, 2.75) is 19.9 Å². The monoisotopic (exact) mass is 314 g/mol. The summed E-state index contributed by atoms with van der Waals surface area (Å²) in [6.07, 6.45) is 1.02. The lowest BCUT2D eigenvalue weighted by Crippen LogP contribution is -2.25. The third-order valence-electron chi connectivity index (χ3n) is 4.92. The van der Waals surface area contributed by atoms with E-state index in [-0.39, 0.29) is 0 Å². The number of rotatable bonds is 1. The molecule has 5 rings (SSSR count). The summed E-state index contributed by atoms with van der Waals surface area (Å²) in [5.41, 5.74) is 4.73. The maximum atomic E-state index is 5.88. The van der Waals surface area contributed by atoms with Crippen LogP contribution in [0.4, 0.5) is 0 Å². The Morgan fingerprint density at radius 1 is 1.00 bits per heavy atom. The van der Waals surface area contributed by atoms with E-state index in [9.17, 15) is 0 Å². The van der Waals surface area contributed by atoms with E-state index in [2.05, 4.69) is 41.7 Å². The summed E-state index contributed by atoms with van der Waals surface area (Å²) in [7, 11) is 0. The van der Waals surface area contributed by atoms with E-state index in [0.717, 1.165) is 42.2 Å². The fourth-order valence-corrected chi connectivity index (χ4v) is 3.81. The van der Waals surface area contributed by atoms with E-state index < -0.39 is 0 Å². The molecule has 0 atom stereocenters. The van der Waals surface area contributed by atoms with E-state index in [1.165, 1.54) is 27.3 Å². The molecule has 1 N–H and O–H groups in total. The Morgan fingerprint density at radius 3 is 2.79 bits per heavy atom. The Labute approximate surface area is 140 Å². The Bertz CT molecular complexity index is 1080. The van der Waals surface area contributed by atoms with E-state index in [4.69, 9.17) is 9.40 Å². The van der Waals surface area contributed by atoms with Crippen molar-refractivity contribution in [1.82, 2.24) is 10.3 Å². The van der Waals surface area contributed by atoms with Crippen LogP contribution in [0.3, 0.4) is 0 Å². The Balaban J connectivity index is 1.92. The molecule has 4 aromatic rings. The molecule has 0 saturated heterocycles. The zero-order chi connectivity index (χ0) is 16.1. The minimum absolute atomic E-state index is 0.844. The molecule has 0 saturated carbocycles. The van der Waals surface area contributed by atoms with Crippen molar-refractivity contribution < 1.29 is 4.42 Å². The first-order valence-electron chi connectivity index (χ1n) is 8.42. The van der Waals surface area contributed by atoms with E-state index in [1.807, 2.05) is 19.1 Å². The summed E-state index contributed by atoms with van der Waals surface area (Å²) >= 11 is 0. The zero-order valence-corrected chi connectivity index (χ0v) is 13.6. The van der Waals surface area contributed by atoms with Gasteiger partial charge in [0, 0.05) is 11.9 Å². The van der Waals surface area contributed by atoms with Crippen molar-refractivity contribution in [3.63, 3.8) is 0 Å². The SMILES string of the molecule is Cc1ccc(-c2nc3ccc4ccccc4c3c3c2CNCC3)o1. The van der Waals surface area contributed by atoms with Crippen LogP contribution in [0.25, 0.3) is 33.1 Å². The predicted molar refractivity (Wildman–Crippen MR) is 97.1 cm³/mol. The van der Waals surface area contributed by atoms with Gasteiger partial charge in [0.1, 0.15) is 11.5 Å². The van der Waals surface area contributed by atoms with Crippen molar-refractivity contribution in [3.8, 4) is 11.5 Å². The number of aryl methyl sites for hydroxylation is 1. The van der Waals surface area contributed by atoms with E-state index >= 15 is 0 Å². The van der Waals surface area contributed by atoms with Crippen LogP contribution in [0.1, 0.15) is 16.9 Å². The number of nitrogens with zero attached hydrogens (tertiary/aromatic N) is 1. The maximum Gasteiger partial charge on any atom is 0.152 e. The van der Waals surface area contributed by atoms with Crippen LogP contribution in [0.15, 0.2) is 52.9 Å². The van der Waals surface area contributed by atoms with Crippen molar-refractivity contribution in [1.29, 1.82) is 0 Å². The highest BCUT2D eigenvalue weighted by Gasteiger charge is 2.21. The third-order valence-corrected chi connectivity index (χ3v) is 4.92. The third kappa shape index (κ3) is 1.98. The van der Waals surface area contributed by atoms with Crippen LogP contribution in [-0.2, 0) is 13.0 Å². The topological polar surface area (TPSA) is 38.1 Å². The van der Waals surface area contributed by atoms with E-state index in [0.29, 0.717) is 0 Å². The lowest BCUT2D eigenvalue weighted by atomic mass is 9.91. The maximum absolute atomic E-state index is 5.88. The molecular formula is C21H18N2O. The molecule has 1 aliphatic rings. The number of hydrogen-bond donors (Lipinski definition) is 1. The van der Waals surface area contributed by atoms with Crippen LogP contribution < -0.4 is 5.32 Å². The van der Waals surface area contributed by atoms with Gasteiger partial charge in [0.05, 0.1) is 5.52 Å². The average Bonchev–Trinajstić information content (AvgIpc) is 3.06. The average molecular weight is 314 g/mol. The van der Waals surface area contributed by atoms with Crippen LogP contribution in [-0.4, -0.2) is 11.5 Å². The van der Waals surface area contributed by atoms with Crippen molar-refractivity contribution >= 4 is 21.7 Å². The molecular weight excluding hydrogens is 296 g/mol. The van der Waals surface area contributed by atoms with Gasteiger partial charge in [0.25, 0.3) is 0 Å². The Kier molecular flexibility index (Phi) is 2.97. The van der Waals surface area contributed by atoms with Crippen LogP contribution >= 0.6 is 0 Å². The van der Waals surface area contributed by atoms with Gasteiger partial charge in [0.15, 0.2) is 5.76 Å². The van der Waals surface area contributed by atoms with Gasteiger partial charge in [0.2, 0.25) is 0 Å². The summed E-state index contributed by atoms with van der Waals surface area (Å²) in [6.45, 7) is 3.82. The van der Waals surface area contributed by atoms with Gasteiger partial charge in [-0.05, 0) is 60.0 Å². The summed E-state index contributed by atoms with van der Waals surface area (Å²) in [4.78, 5) is 4.99. The molecule has 2 aromatic heterocycles. The molecule has 0 spiro atoms. The molecule has 3 heterocycles. The minimum Gasteiger partial charge on any atom is -0.460 e. The van der Waals surface area contributed by atoms with Gasteiger partial charge in [-0.15, -0.1) is 0 Å². The fourth-order valence-electron chi connectivity index (χ4n) is 3.81. The number of pyridine rings is 1. The molecule has 3 heteroatoms. The van der Waals surface area contributed by atoms with Crippen LogP contribution in [0.5, 0.6) is 0 Å². The minimum atomic E-state index is 0.844. The van der Waals surface area contributed by atoms with Gasteiger partial charge in [-0.25, -0.2) is 4.98 Å². The number of furan rings is 1. The Morgan fingerprint density at radius 2 is 1.92 bits per heavy atom. The summed E-state index contributed by atoms with van der Waals surface area (Å²) in [5.74, 6) is 1.78. The molecule has 0 aliphatic carbocycles. The second kappa shape index (κ2) is 5.18. The normalized spacial score (nSPS) is 14.2. The molecule has 0 radical (unpaired) electrons. The first kappa shape index (κ1) is 13.8. The van der Waals surface area contributed by atoms with Crippen molar-refractivity contribution in [3.05, 3.63) is 65.4 Å². The standard InChI is InChI=1S/C21H18N2O/c1-13-6-9-19(24-13)21-17-12-22-11-10-16(17)20-15-5-3-2-4-14(15)7-8-18(20)23-21/h2-9,22H,10-12H2,1H3. The fraction of sp³-hybridized carbons (Fsp3) is 0.190. The molecule has 2 aromatic carbocycles. The molecule has 0 unspecified atom stereocenters. The van der Waals surface area contributed by atoms with Gasteiger partial charge in [-0.2, -0.15) is 0 Å². The Hall–Kier alpha value is -2.65. The van der Waals surface area contributed by atoms with Gasteiger partial charge in [-0.3, -0.25) is 0 Å². The van der Waals surface area contributed by atoms with Gasteiger partial charge < -0.3 is 9.73 Å². The van der Waals surface area contributed by atoms with Crippen molar-refractivity contribution in [2.75, 3.05) is 6.54 Å². The highest BCUT2D eigenvalue weighted by molar-refractivity contribution is 6.09. The number of fused-ring (bicyclic) bond motifs is 5. The molecule has 0 bridgehead atoms. The molecule has 118 valence electrons. The summed E-state index contributed by atoms with van der Waals surface area (Å²) < 4.78 is 5.88. The van der Waals surface area contributed by atoms with Gasteiger partial charge >= 0.3 is 0 Å². The lowest BCUT2D eigenvalue weighted by molar-refractivity contribution is 0.544. The molecule has 0 amide bonds. The predicted octanol–water partition coefficient (Wildman–Crippen LogP) is 4.60. The first-order valence-corrected chi connectivity index (χ1v) is 8.42. The molecule has 1 aliphatic heterocycles. The summed E-state index contributed by atoms with van der Waals surface area (Å²) in [5, 5.41) is 7.36. The number of aromatic nitrogens is 1. The van der Waals surface area contributed by atoms with Crippen molar-refractivity contribution in [2.24, 2.45) is 0 Å². The van der Waals surface area contributed by atoms with Gasteiger partial charge in [-0.1, -0.05) is 30.3 Å². The van der Waals surface area contributed by atoms with Crippen LogP contribution in [0.2, 0.25) is 0 Å². The molecule has 24 heavy (non-hydrogen) atoms. The number of nitrogens with one attached hydrogen (secondary N) is 1. The number of benzene rings is 2. The zero-order valence-electron chi connectivity index (χ0n) is 13.6. The number of hydrogen-bond acceptors (Lipinski definition) is 3. The second-order valence-electron chi connectivity index (χ2n) is 6.44. The van der Waals surface area contributed by atoms with E-state index in [1.54, 1.807) is 0 Å². The first-order chi connectivity index (χ1) is 11.8. The lowest BCUT2D eigenvalue weighted by Gasteiger charge is -2.22. The highest BCUT2D eigenvalue weighted by Crippen LogP contribution is 2.36. The summed E-state index contributed by atoms with van der Waals surface area (Å²) in [6, 6.07) is 16.9. The van der Waals surface area contributed by atoms with Crippen LogP contribution in [0, 0.1) is 6.92 Å². The smallest absolute Gasteiger partial charge is 0.152 e. The largest absolute Gasteiger partial charge is 0.460 e. The molecule has 3 nitrogen and oxygen atoms in total. The second-order valence-corrected chi connectivity index (χ2v) is 6.44. The molecule has 0 fully saturated rings. The highest BCUT2D eigenvalue weighted by atomic mass is 16.3. The quantitative estimate of drug-likeness (QED) is 0.522.